The Balaban J connectivity index is 2.05. The minimum Gasteiger partial charge on any atom is -0.307 e. The van der Waals surface area contributed by atoms with Crippen LogP contribution in [0.15, 0.2) is 17.0 Å². The van der Waals surface area contributed by atoms with Gasteiger partial charge in [0.25, 0.3) is 0 Å². The van der Waals surface area contributed by atoms with Gasteiger partial charge in [0.15, 0.2) is 0 Å². The maximum atomic E-state index is 12.2. The lowest BCUT2D eigenvalue weighted by Crippen LogP contribution is -2.30. The first-order chi connectivity index (χ1) is 8.16. The molecule has 3 heteroatoms. The van der Waals surface area contributed by atoms with Gasteiger partial charge in [-0.1, -0.05) is 12.1 Å². The SMILES string of the molecule is Cc1ccc(C)c2c1C(NC1CC1)CCS2=O. The van der Waals surface area contributed by atoms with Gasteiger partial charge in [0.1, 0.15) is 0 Å². The van der Waals surface area contributed by atoms with Crippen LogP contribution in [0, 0.1) is 13.8 Å². The molecule has 2 unspecified atom stereocenters. The summed E-state index contributed by atoms with van der Waals surface area (Å²) in [6.45, 7) is 4.22. The van der Waals surface area contributed by atoms with E-state index in [2.05, 4.69) is 31.3 Å². The molecule has 0 aromatic heterocycles. The molecule has 3 rings (SSSR count). The number of nitrogens with one attached hydrogen (secondary N) is 1. The second kappa shape index (κ2) is 4.21. The van der Waals surface area contributed by atoms with E-state index in [4.69, 9.17) is 0 Å². The molecular weight excluding hydrogens is 230 g/mol. The molecule has 92 valence electrons. The standard InChI is InChI=1S/C14H19NOS/c1-9-3-4-10(2)14-13(9)12(7-8-17(14)16)15-11-5-6-11/h3-4,11-12,15H,5-8H2,1-2H3. The van der Waals surface area contributed by atoms with Crippen LogP contribution >= 0.6 is 0 Å². The first kappa shape index (κ1) is 11.4. The van der Waals surface area contributed by atoms with Crippen molar-refractivity contribution in [1.82, 2.24) is 5.32 Å². The minimum atomic E-state index is -0.792. The highest BCUT2D eigenvalue weighted by Crippen LogP contribution is 2.36. The highest BCUT2D eigenvalue weighted by atomic mass is 32.2. The number of rotatable bonds is 2. The van der Waals surface area contributed by atoms with Crippen molar-refractivity contribution >= 4 is 10.8 Å². The van der Waals surface area contributed by atoms with Gasteiger partial charge >= 0.3 is 0 Å². The Labute approximate surface area is 105 Å². The minimum absolute atomic E-state index is 0.426. The van der Waals surface area contributed by atoms with Gasteiger partial charge < -0.3 is 5.32 Å². The molecule has 2 nitrogen and oxygen atoms in total. The molecule has 1 aliphatic heterocycles. The molecule has 1 N–H and O–H groups in total. The van der Waals surface area contributed by atoms with E-state index in [0.717, 1.165) is 17.1 Å². The average molecular weight is 249 g/mol. The van der Waals surface area contributed by atoms with E-state index in [9.17, 15) is 4.21 Å². The summed E-state index contributed by atoms with van der Waals surface area (Å²) in [5, 5.41) is 3.70. The largest absolute Gasteiger partial charge is 0.307 e. The third-order valence-corrected chi connectivity index (χ3v) is 5.40. The number of hydrogen-bond acceptors (Lipinski definition) is 2. The van der Waals surface area contributed by atoms with Gasteiger partial charge in [-0.05, 0) is 49.8 Å². The van der Waals surface area contributed by atoms with Crippen molar-refractivity contribution in [3.8, 4) is 0 Å². The normalized spacial score (nSPS) is 27.9. The molecule has 1 fully saturated rings. The number of hydrogen-bond donors (Lipinski definition) is 1. The predicted octanol–water partition coefficient (Wildman–Crippen LogP) is 2.61. The van der Waals surface area contributed by atoms with Crippen molar-refractivity contribution < 1.29 is 4.21 Å². The number of fused-ring (bicyclic) bond motifs is 1. The van der Waals surface area contributed by atoms with Crippen LogP contribution < -0.4 is 5.32 Å². The average Bonchev–Trinajstić information content (AvgIpc) is 3.10. The molecule has 1 aromatic rings. The molecule has 2 atom stereocenters. The second-order valence-corrected chi connectivity index (χ2v) is 6.78. The first-order valence-electron chi connectivity index (χ1n) is 6.41. The van der Waals surface area contributed by atoms with Crippen molar-refractivity contribution in [3.63, 3.8) is 0 Å². The van der Waals surface area contributed by atoms with Crippen LogP contribution in [0.25, 0.3) is 0 Å². The van der Waals surface area contributed by atoms with Crippen molar-refractivity contribution in [2.75, 3.05) is 5.75 Å². The fraction of sp³-hybridized carbons (Fsp3) is 0.571. The molecule has 1 aromatic carbocycles. The number of aryl methyl sites for hydroxylation is 2. The smallest absolute Gasteiger partial charge is 0.0536 e. The summed E-state index contributed by atoms with van der Waals surface area (Å²) in [5.74, 6) is 0.807. The zero-order valence-electron chi connectivity index (χ0n) is 10.5. The maximum absolute atomic E-state index is 12.2. The van der Waals surface area contributed by atoms with E-state index < -0.39 is 10.8 Å². The van der Waals surface area contributed by atoms with Crippen molar-refractivity contribution in [3.05, 3.63) is 28.8 Å². The summed E-state index contributed by atoms with van der Waals surface area (Å²) in [7, 11) is -0.792. The van der Waals surface area contributed by atoms with Crippen molar-refractivity contribution in [1.29, 1.82) is 0 Å². The van der Waals surface area contributed by atoms with Crippen LogP contribution in [0.3, 0.4) is 0 Å². The van der Waals surface area contributed by atoms with Crippen LogP contribution in [-0.2, 0) is 10.8 Å². The second-order valence-electron chi connectivity index (χ2n) is 5.27. The van der Waals surface area contributed by atoms with Gasteiger partial charge in [-0.15, -0.1) is 0 Å². The molecule has 2 aliphatic rings. The van der Waals surface area contributed by atoms with E-state index in [-0.39, 0.29) is 0 Å². The Bertz CT molecular complexity index is 479. The monoisotopic (exact) mass is 249 g/mol. The fourth-order valence-electron chi connectivity index (χ4n) is 2.71. The zero-order chi connectivity index (χ0) is 12.0. The molecular formula is C14H19NOS. The molecule has 1 saturated carbocycles. The lowest BCUT2D eigenvalue weighted by Gasteiger charge is -2.29. The fourth-order valence-corrected chi connectivity index (χ4v) is 4.34. The predicted molar refractivity (Wildman–Crippen MR) is 70.7 cm³/mol. The van der Waals surface area contributed by atoms with E-state index in [1.165, 1.54) is 29.5 Å². The summed E-state index contributed by atoms with van der Waals surface area (Å²) in [4.78, 5) is 1.11. The van der Waals surface area contributed by atoms with Crippen LogP contribution in [0.5, 0.6) is 0 Å². The Hall–Kier alpha value is -0.670. The quantitative estimate of drug-likeness (QED) is 0.873. The van der Waals surface area contributed by atoms with E-state index in [0.29, 0.717) is 12.1 Å². The van der Waals surface area contributed by atoms with Crippen molar-refractivity contribution in [2.24, 2.45) is 0 Å². The Kier molecular flexibility index (Phi) is 2.83. The maximum Gasteiger partial charge on any atom is 0.0536 e. The highest BCUT2D eigenvalue weighted by Gasteiger charge is 2.32. The Morgan fingerprint density at radius 3 is 2.59 bits per heavy atom. The lowest BCUT2D eigenvalue weighted by atomic mass is 9.96. The third kappa shape index (κ3) is 2.06. The molecule has 0 radical (unpaired) electrons. The highest BCUT2D eigenvalue weighted by molar-refractivity contribution is 7.85. The topological polar surface area (TPSA) is 29.1 Å². The van der Waals surface area contributed by atoms with Crippen LogP contribution in [0.2, 0.25) is 0 Å². The van der Waals surface area contributed by atoms with Gasteiger partial charge in [-0.3, -0.25) is 4.21 Å². The molecule has 0 spiro atoms. The van der Waals surface area contributed by atoms with E-state index >= 15 is 0 Å². The van der Waals surface area contributed by atoms with E-state index in [1.54, 1.807) is 0 Å². The van der Waals surface area contributed by atoms with Crippen LogP contribution in [-0.4, -0.2) is 16.0 Å². The molecule has 0 amide bonds. The van der Waals surface area contributed by atoms with Gasteiger partial charge in [0.05, 0.1) is 10.8 Å². The molecule has 17 heavy (non-hydrogen) atoms. The molecule has 0 saturated heterocycles. The third-order valence-electron chi connectivity index (χ3n) is 3.79. The van der Waals surface area contributed by atoms with Gasteiger partial charge in [0, 0.05) is 22.7 Å². The summed E-state index contributed by atoms with van der Waals surface area (Å²) in [5.41, 5.74) is 3.80. The Morgan fingerprint density at radius 1 is 1.18 bits per heavy atom. The molecule has 1 aliphatic carbocycles. The van der Waals surface area contributed by atoms with Crippen LogP contribution in [0.1, 0.15) is 42.0 Å². The summed E-state index contributed by atoms with van der Waals surface area (Å²) >= 11 is 0. The zero-order valence-corrected chi connectivity index (χ0v) is 11.3. The molecule has 0 bridgehead atoms. The van der Waals surface area contributed by atoms with E-state index in [1.807, 2.05) is 0 Å². The summed E-state index contributed by atoms with van der Waals surface area (Å²) in [6.07, 6.45) is 3.62. The van der Waals surface area contributed by atoms with Gasteiger partial charge in [-0.2, -0.15) is 0 Å². The lowest BCUT2D eigenvalue weighted by molar-refractivity contribution is 0.498. The molecule has 1 heterocycles. The summed E-state index contributed by atoms with van der Waals surface area (Å²) < 4.78 is 12.2. The van der Waals surface area contributed by atoms with Crippen LogP contribution in [0.4, 0.5) is 0 Å². The van der Waals surface area contributed by atoms with Crippen molar-refractivity contribution in [2.45, 2.75) is 50.1 Å². The summed E-state index contributed by atoms with van der Waals surface area (Å²) in [6, 6.07) is 5.40. The number of benzene rings is 1. The Morgan fingerprint density at radius 2 is 1.88 bits per heavy atom. The first-order valence-corrected chi connectivity index (χ1v) is 7.73. The van der Waals surface area contributed by atoms with Gasteiger partial charge in [0.2, 0.25) is 0 Å². The van der Waals surface area contributed by atoms with Gasteiger partial charge in [-0.25, -0.2) is 0 Å².